The van der Waals surface area contributed by atoms with E-state index in [0.717, 1.165) is 25.4 Å². The number of hydrogen-bond acceptors (Lipinski definition) is 4. The van der Waals surface area contributed by atoms with Crippen molar-refractivity contribution in [2.75, 3.05) is 26.2 Å². The van der Waals surface area contributed by atoms with E-state index in [-0.39, 0.29) is 5.91 Å². The average molecular weight is 413 g/mol. The van der Waals surface area contributed by atoms with Crippen LogP contribution in [0.25, 0.3) is 17.1 Å². The van der Waals surface area contributed by atoms with Crippen LogP contribution in [0.1, 0.15) is 35.5 Å². The Labute approximate surface area is 175 Å². The molecule has 29 heavy (non-hydrogen) atoms. The third-order valence-electron chi connectivity index (χ3n) is 5.18. The number of piperidine rings is 1. The van der Waals surface area contributed by atoms with Gasteiger partial charge in [0.1, 0.15) is 17.1 Å². The van der Waals surface area contributed by atoms with Crippen molar-refractivity contribution in [2.24, 2.45) is 0 Å². The fraction of sp³-hybridized carbons (Fsp3) is 0.364. The van der Waals surface area contributed by atoms with Crippen LogP contribution in [0.15, 0.2) is 46.9 Å². The Balaban J connectivity index is 1.57. The van der Waals surface area contributed by atoms with Gasteiger partial charge in [-0.1, -0.05) is 30.2 Å². The first-order valence-corrected chi connectivity index (χ1v) is 10.4. The standard InChI is InChI=1S/C22H25ClN4O2/c1-16-9-10-21(29-16)18-15-20(27(25-18)19-8-4-3-7-17(19)23)22(28)24-11-14-26-12-5-2-6-13-26/h3-4,7-10,15H,2,5-6,11-14H2,1H3,(H,24,28). The number of para-hydroxylation sites is 1. The Hall–Kier alpha value is -2.57. The number of nitrogens with zero attached hydrogens (tertiary/aromatic N) is 3. The molecule has 1 fully saturated rings. The molecule has 152 valence electrons. The Bertz CT molecular complexity index is 988. The predicted octanol–water partition coefficient (Wildman–Crippen LogP) is 4.31. The molecule has 3 heterocycles. The maximum absolute atomic E-state index is 13.0. The molecule has 1 aliphatic rings. The van der Waals surface area contributed by atoms with Crippen molar-refractivity contribution in [1.29, 1.82) is 0 Å². The molecule has 3 aromatic rings. The molecular formula is C22H25ClN4O2. The van der Waals surface area contributed by atoms with Crippen LogP contribution in [0.3, 0.4) is 0 Å². The predicted molar refractivity (Wildman–Crippen MR) is 114 cm³/mol. The zero-order chi connectivity index (χ0) is 20.2. The summed E-state index contributed by atoms with van der Waals surface area (Å²) in [5, 5.41) is 8.17. The number of rotatable bonds is 6. The molecule has 0 saturated carbocycles. The van der Waals surface area contributed by atoms with E-state index in [0.29, 0.717) is 34.4 Å². The molecule has 1 amide bonds. The minimum atomic E-state index is -0.177. The van der Waals surface area contributed by atoms with Crippen LogP contribution in [-0.2, 0) is 0 Å². The van der Waals surface area contributed by atoms with Gasteiger partial charge in [-0.25, -0.2) is 4.68 Å². The van der Waals surface area contributed by atoms with Crippen molar-refractivity contribution in [1.82, 2.24) is 20.0 Å². The average Bonchev–Trinajstić information content (AvgIpc) is 3.36. The SMILES string of the molecule is Cc1ccc(-c2cc(C(=O)NCCN3CCCCC3)n(-c3ccccc3Cl)n2)o1. The number of nitrogens with one attached hydrogen (secondary N) is 1. The van der Waals surface area contributed by atoms with E-state index < -0.39 is 0 Å². The second kappa shape index (κ2) is 8.84. The molecule has 0 radical (unpaired) electrons. The molecule has 0 aliphatic carbocycles. The lowest BCUT2D eigenvalue weighted by atomic mass is 10.1. The van der Waals surface area contributed by atoms with Gasteiger partial charge in [0.05, 0.1) is 10.7 Å². The first-order chi connectivity index (χ1) is 14.1. The minimum Gasteiger partial charge on any atom is -0.460 e. The molecule has 0 unspecified atom stereocenters. The van der Waals surface area contributed by atoms with Crippen LogP contribution in [0.2, 0.25) is 5.02 Å². The Kier molecular flexibility index (Phi) is 6.02. The molecule has 1 aromatic carbocycles. The van der Waals surface area contributed by atoms with Crippen LogP contribution < -0.4 is 5.32 Å². The van der Waals surface area contributed by atoms with Gasteiger partial charge in [-0.05, 0) is 57.1 Å². The largest absolute Gasteiger partial charge is 0.460 e. The molecule has 1 aliphatic heterocycles. The highest BCUT2D eigenvalue weighted by Crippen LogP contribution is 2.26. The van der Waals surface area contributed by atoms with Gasteiger partial charge in [0.15, 0.2) is 5.76 Å². The van der Waals surface area contributed by atoms with E-state index in [1.807, 2.05) is 37.3 Å². The maximum Gasteiger partial charge on any atom is 0.270 e. The first-order valence-electron chi connectivity index (χ1n) is 10.0. The molecule has 0 atom stereocenters. The first kappa shape index (κ1) is 19.7. The number of hydrogen-bond donors (Lipinski definition) is 1. The van der Waals surface area contributed by atoms with Crippen LogP contribution in [0, 0.1) is 6.92 Å². The summed E-state index contributed by atoms with van der Waals surface area (Å²) in [5.41, 5.74) is 1.69. The lowest BCUT2D eigenvalue weighted by Crippen LogP contribution is -2.38. The van der Waals surface area contributed by atoms with E-state index in [2.05, 4.69) is 15.3 Å². The Morgan fingerprint density at radius 1 is 1.17 bits per heavy atom. The van der Waals surface area contributed by atoms with Crippen LogP contribution in [-0.4, -0.2) is 46.8 Å². The molecule has 2 aromatic heterocycles. The normalized spacial score (nSPS) is 14.8. The number of carbonyl (C=O) groups is 1. The highest BCUT2D eigenvalue weighted by molar-refractivity contribution is 6.32. The van der Waals surface area contributed by atoms with Crippen molar-refractivity contribution in [2.45, 2.75) is 26.2 Å². The molecule has 7 heteroatoms. The molecule has 4 rings (SSSR count). The Morgan fingerprint density at radius 2 is 1.97 bits per heavy atom. The second-order valence-corrected chi connectivity index (χ2v) is 7.75. The highest BCUT2D eigenvalue weighted by atomic mass is 35.5. The van der Waals surface area contributed by atoms with E-state index in [4.69, 9.17) is 16.0 Å². The third-order valence-corrected chi connectivity index (χ3v) is 5.50. The zero-order valence-electron chi connectivity index (χ0n) is 16.5. The Morgan fingerprint density at radius 3 is 2.69 bits per heavy atom. The summed E-state index contributed by atoms with van der Waals surface area (Å²) in [6.45, 7) is 5.55. The van der Waals surface area contributed by atoms with Gasteiger partial charge < -0.3 is 14.6 Å². The minimum absolute atomic E-state index is 0.177. The van der Waals surface area contributed by atoms with E-state index in [1.165, 1.54) is 19.3 Å². The van der Waals surface area contributed by atoms with Crippen LogP contribution in [0.4, 0.5) is 0 Å². The molecule has 1 N–H and O–H groups in total. The number of likely N-dealkylation sites (tertiary alicyclic amines) is 1. The van der Waals surface area contributed by atoms with Crippen LogP contribution >= 0.6 is 11.6 Å². The summed E-state index contributed by atoms with van der Waals surface area (Å²) in [7, 11) is 0. The van der Waals surface area contributed by atoms with Crippen molar-refractivity contribution >= 4 is 17.5 Å². The van der Waals surface area contributed by atoms with E-state index in [9.17, 15) is 4.79 Å². The number of halogens is 1. The molecule has 0 bridgehead atoms. The number of carbonyl (C=O) groups excluding carboxylic acids is 1. The maximum atomic E-state index is 13.0. The number of benzene rings is 1. The summed E-state index contributed by atoms with van der Waals surface area (Å²) < 4.78 is 7.29. The number of amides is 1. The number of furan rings is 1. The van der Waals surface area contributed by atoms with Crippen LogP contribution in [0.5, 0.6) is 0 Å². The quantitative estimate of drug-likeness (QED) is 0.655. The monoisotopic (exact) mass is 412 g/mol. The fourth-order valence-corrected chi connectivity index (χ4v) is 3.86. The molecular weight excluding hydrogens is 388 g/mol. The number of aryl methyl sites for hydroxylation is 1. The summed E-state index contributed by atoms with van der Waals surface area (Å²) in [4.78, 5) is 15.4. The summed E-state index contributed by atoms with van der Waals surface area (Å²) in [6, 6.07) is 12.8. The van der Waals surface area contributed by atoms with Gasteiger partial charge in [-0.15, -0.1) is 0 Å². The lowest BCUT2D eigenvalue weighted by Gasteiger charge is -2.26. The molecule has 1 saturated heterocycles. The van der Waals surface area contributed by atoms with E-state index in [1.54, 1.807) is 16.8 Å². The summed E-state index contributed by atoms with van der Waals surface area (Å²) in [5.74, 6) is 1.24. The lowest BCUT2D eigenvalue weighted by molar-refractivity contribution is 0.0939. The second-order valence-electron chi connectivity index (χ2n) is 7.35. The fourth-order valence-electron chi connectivity index (χ4n) is 3.64. The molecule has 6 nitrogen and oxygen atoms in total. The molecule has 0 spiro atoms. The number of aromatic nitrogens is 2. The topological polar surface area (TPSA) is 63.3 Å². The highest BCUT2D eigenvalue weighted by Gasteiger charge is 2.20. The van der Waals surface area contributed by atoms with Crippen molar-refractivity contribution in [3.63, 3.8) is 0 Å². The summed E-state index contributed by atoms with van der Waals surface area (Å²) in [6.07, 6.45) is 3.77. The smallest absolute Gasteiger partial charge is 0.270 e. The van der Waals surface area contributed by atoms with Gasteiger partial charge >= 0.3 is 0 Å². The van der Waals surface area contributed by atoms with Gasteiger partial charge in [0.2, 0.25) is 0 Å². The van der Waals surface area contributed by atoms with Crippen molar-refractivity contribution < 1.29 is 9.21 Å². The zero-order valence-corrected chi connectivity index (χ0v) is 17.3. The summed E-state index contributed by atoms with van der Waals surface area (Å²) >= 11 is 6.38. The van der Waals surface area contributed by atoms with Crippen molar-refractivity contribution in [3.8, 4) is 17.1 Å². The van der Waals surface area contributed by atoms with Crippen molar-refractivity contribution in [3.05, 3.63) is 58.9 Å². The van der Waals surface area contributed by atoms with Gasteiger partial charge in [-0.2, -0.15) is 5.10 Å². The third kappa shape index (κ3) is 4.54. The van der Waals surface area contributed by atoms with Gasteiger partial charge in [-0.3, -0.25) is 4.79 Å². The van der Waals surface area contributed by atoms with E-state index >= 15 is 0 Å². The van der Waals surface area contributed by atoms with Gasteiger partial charge in [0, 0.05) is 19.2 Å². The van der Waals surface area contributed by atoms with Gasteiger partial charge in [0.25, 0.3) is 5.91 Å².